The standard InChI is InChI=1S/C22H21ClN4O3/c1-13-10-20(30-12-19(28)24-11-16-6-5-9-29-16)25-22-21(13)15(3)26-27(22)18-8-4-7-17(23)14(18)2/h4-10H,11-12H2,1-3H3,(H,24,28). The molecule has 4 aromatic rings. The van der Waals surface area contributed by atoms with Gasteiger partial charge in [-0.3, -0.25) is 4.79 Å². The number of aromatic nitrogens is 3. The first-order chi connectivity index (χ1) is 14.4. The predicted octanol–water partition coefficient (Wildman–Crippen LogP) is 4.29. The second-order valence-electron chi connectivity index (χ2n) is 7.00. The number of aryl methyl sites for hydroxylation is 2. The van der Waals surface area contributed by atoms with Gasteiger partial charge < -0.3 is 14.5 Å². The Morgan fingerprint density at radius 1 is 1.23 bits per heavy atom. The summed E-state index contributed by atoms with van der Waals surface area (Å²) in [5, 5.41) is 9.02. The summed E-state index contributed by atoms with van der Waals surface area (Å²) in [6, 6.07) is 11.0. The molecule has 1 N–H and O–H groups in total. The third-order valence-electron chi connectivity index (χ3n) is 4.84. The molecule has 0 radical (unpaired) electrons. The summed E-state index contributed by atoms with van der Waals surface area (Å²) in [6.07, 6.45) is 1.56. The van der Waals surface area contributed by atoms with E-state index in [1.165, 1.54) is 0 Å². The van der Waals surface area contributed by atoms with E-state index in [-0.39, 0.29) is 12.5 Å². The Labute approximate surface area is 178 Å². The first kappa shape index (κ1) is 20.0. The number of hydrogen-bond donors (Lipinski definition) is 1. The number of nitrogens with zero attached hydrogens (tertiary/aromatic N) is 3. The van der Waals surface area contributed by atoms with Crippen LogP contribution in [0.15, 0.2) is 47.1 Å². The van der Waals surface area contributed by atoms with Gasteiger partial charge >= 0.3 is 0 Å². The molecule has 8 heteroatoms. The Morgan fingerprint density at radius 3 is 2.83 bits per heavy atom. The van der Waals surface area contributed by atoms with Crippen molar-refractivity contribution in [3.63, 3.8) is 0 Å². The van der Waals surface area contributed by atoms with Gasteiger partial charge in [-0.2, -0.15) is 10.1 Å². The first-order valence-electron chi connectivity index (χ1n) is 9.48. The number of pyridine rings is 1. The van der Waals surface area contributed by atoms with Gasteiger partial charge in [0, 0.05) is 16.5 Å². The van der Waals surface area contributed by atoms with Gasteiger partial charge in [0.2, 0.25) is 5.88 Å². The Hall–Kier alpha value is -3.32. The molecular formula is C22H21ClN4O3. The van der Waals surface area contributed by atoms with E-state index < -0.39 is 0 Å². The van der Waals surface area contributed by atoms with Crippen molar-refractivity contribution < 1.29 is 13.9 Å². The summed E-state index contributed by atoms with van der Waals surface area (Å²) in [7, 11) is 0. The highest BCUT2D eigenvalue weighted by Crippen LogP contribution is 2.29. The Balaban J connectivity index is 1.59. The monoisotopic (exact) mass is 424 g/mol. The van der Waals surface area contributed by atoms with Crippen molar-refractivity contribution in [1.82, 2.24) is 20.1 Å². The summed E-state index contributed by atoms with van der Waals surface area (Å²) in [4.78, 5) is 16.7. The van der Waals surface area contributed by atoms with Gasteiger partial charge in [0.05, 0.1) is 24.2 Å². The summed E-state index contributed by atoms with van der Waals surface area (Å²) >= 11 is 6.30. The van der Waals surface area contributed by atoms with Crippen LogP contribution in [0.2, 0.25) is 5.02 Å². The highest BCUT2D eigenvalue weighted by molar-refractivity contribution is 6.31. The van der Waals surface area contributed by atoms with Crippen molar-refractivity contribution in [3.05, 3.63) is 70.3 Å². The smallest absolute Gasteiger partial charge is 0.258 e. The molecule has 0 atom stereocenters. The minimum Gasteiger partial charge on any atom is -0.468 e. The van der Waals surface area contributed by atoms with E-state index in [0.29, 0.717) is 28.9 Å². The van der Waals surface area contributed by atoms with Gasteiger partial charge in [-0.25, -0.2) is 4.68 Å². The van der Waals surface area contributed by atoms with Crippen LogP contribution >= 0.6 is 11.6 Å². The number of fused-ring (bicyclic) bond motifs is 1. The molecule has 1 aromatic carbocycles. The molecule has 1 amide bonds. The number of ether oxygens (including phenoxy) is 1. The molecule has 3 heterocycles. The van der Waals surface area contributed by atoms with E-state index in [9.17, 15) is 4.79 Å². The van der Waals surface area contributed by atoms with Crippen LogP contribution in [-0.4, -0.2) is 27.3 Å². The number of furan rings is 1. The van der Waals surface area contributed by atoms with Gasteiger partial charge in [-0.15, -0.1) is 0 Å². The second kappa shape index (κ2) is 8.20. The molecule has 0 bridgehead atoms. The van der Waals surface area contributed by atoms with E-state index in [4.69, 9.17) is 20.8 Å². The first-order valence-corrected chi connectivity index (χ1v) is 9.86. The number of rotatable bonds is 6. The Kier molecular flexibility index (Phi) is 5.46. The fourth-order valence-electron chi connectivity index (χ4n) is 3.33. The third kappa shape index (κ3) is 3.89. The zero-order valence-corrected chi connectivity index (χ0v) is 17.7. The molecule has 3 aromatic heterocycles. The summed E-state index contributed by atoms with van der Waals surface area (Å²) < 4.78 is 12.6. The largest absolute Gasteiger partial charge is 0.468 e. The van der Waals surface area contributed by atoms with E-state index in [0.717, 1.165) is 27.9 Å². The van der Waals surface area contributed by atoms with E-state index in [2.05, 4.69) is 15.4 Å². The molecule has 0 unspecified atom stereocenters. The predicted molar refractivity (Wildman–Crippen MR) is 114 cm³/mol. The van der Waals surface area contributed by atoms with Crippen LogP contribution in [0.25, 0.3) is 16.7 Å². The summed E-state index contributed by atoms with van der Waals surface area (Å²) in [5.74, 6) is 0.769. The van der Waals surface area contributed by atoms with E-state index in [1.807, 2.05) is 45.0 Å². The molecule has 7 nitrogen and oxygen atoms in total. The highest BCUT2D eigenvalue weighted by Gasteiger charge is 2.17. The summed E-state index contributed by atoms with van der Waals surface area (Å²) in [6.45, 7) is 6.01. The van der Waals surface area contributed by atoms with Crippen molar-refractivity contribution in [2.75, 3.05) is 6.61 Å². The molecule has 0 saturated heterocycles. The molecule has 30 heavy (non-hydrogen) atoms. The molecule has 0 aliphatic heterocycles. The summed E-state index contributed by atoms with van der Waals surface area (Å²) in [5.41, 5.74) is 4.24. The number of carbonyl (C=O) groups is 1. The average molecular weight is 425 g/mol. The molecule has 4 rings (SSSR count). The van der Waals surface area contributed by atoms with Gasteiger partial charge in [0.25, 0.3) is 5.91 Å². The zero-order chi connectivity index (χ0) is 21.3. The van der Waals surface area contributed by atoms with Crippen LogP contribution in [0.4, 0.5) is 0 Å². The Morgan fingerprint density at radius 2 is 2.07 bits per heavy atom. The zero-order valence-electron chi connectivity index (χ0n) is 16.9. The van der Waals surface area contributed by atoms with Gasteiger partial charge in [-0.1, -0.05) is 17.7 Å². The van der Waals surface area contributed by atoms with Gasteiger partial charge in [-0.05, 0) is 56.2 Å². The van der Waals surface area contributed by atoms with E-state index in [1.54, 1.807) is 23.1 Å². The molecule has 0 fully saturated rings. The number of hydrogen-bond acceptors (Lipinski definition) is 5. The van der Waals surface area contributed by atoms with Crippen LogP contribution < -0.4 is 10.1 Å². The average Bonchev–Trinajstić information content (AvgIpc) is 3.35. The van der Waals surface area contributed by atoms with Crippen molar-refractivity contribution in [2.45, 2.75) is 27.3 Å². The normalized spacial score (nSPS) is 11.1. The fraction of sp³-hybridized carbons (Fsp3) is 0.227. The maximum atomic E-state index is 12.1. The quantitative estimate of drug-likeness (QED) is 0.499. The second-order valence-corrected chi connectivity index (χ2v) is 7.41. The van der Waals surface area contributed by atoms with Gasteiger partial charge in [0.1, 0.15) is 5.76 Å². The van der Waals surface area contributed by atoms with Crippen molar-refractivity contribution in [1.29, 1.82) is 0 Å². The molecule has 0 aliphatic carbocycles. The number of nitrogens with one attached hydrogen (secondary N) is 1. The van der Waals surface area contributed by atoms with Crippen molar-refractivity contribution in [2.24, 2.45) is 0 Å². The van der Waals surface area contributed by atoms with Crippen LogP contribution in [0.3, 0.4) is 0 Å². The molecule has 0 aliphatic rings. The lowest BCUT2D eigenvalue weighted by molar-refractivity contribution is -0.123. The lowest BCUT2D eigenvalue weighted by atomic mass is 10.1. The van der Waals surface area contributed by atoms with Crippen molar-refractivity contribution >= 4 is 28.5 Å². The third-order valence-corrected chi connectivity index (χ3v) is 5.25. The molecule has 0 saturated carbocycles. The topological polar surface area (TPSA) is 82.2 Å². The maximum Gasteiger partial charge on any atom is 0.258 e. The van der Waals surface area contributed by atoms with Crippen LogP contribution in [0, 0.1) is 20.8 Å². The van der Waals surface area contributed by atoms with E-state index >= 15 is 0 Å². The highest BCUT2D eigenvalue weighted by atomic mass is 35.5. The number of amides is 1. The molecule has 0 spiro atoms. The Bertz CT molecular complexity index is 1220. The minimum absolute atomic E-state index is 0.151. The van der Waals surface area contributed by atoms with Crippen LogP contribution in [0.1, 0.15) is 22.6 Å². The number of benzene rings is 1. The minimum atomic E-state index is -0.263. The van der Waals surface area contributed by atoms with Crippen LogP contribution in [0.5, 0.6) is 5.88 Å². The van der Waals surface area contributed by atoms with Crippen LogP contribution in [-0.2, 0) is 11.3 Å². The number of carbonyl (C=O) groups excluding carboxylic acids is 1. The molecular weight excluding hydrogens is 404 g/mol. The maximum absolute atomic E-state index is 12.1. The lowest BCUT2D eigenvalue weighted by Gasteiger charge is -2.10. The molecule has 154 valence electrons. The number of halogens is 1. The fourth-order valence-corrected chi connectivity index (χ4v) is 3.50. The van der Waals surface area contributed by atoms with Crippen molar-refractivity contribution in [3.8, 4) is 11.6 Å². The van der Waals surface area contributed by atoms with Gasteiger partial charge in [0.15, 0.2) is 12.3 Å². The SMILES string of the molecule is Cc1c(Cl)cccc1-n1nc(C)c2c(C)cc(OCC(=O)NCc3ccco3)nc21. The lowest BCUT2D eigenvalue weighted by Crippen LogP contribution is -2.28.